The van der Waals surface area contributed by atoms with Crippen molar-refractivity contribution in [3.63, 3.8) is 0 Å². The number of aliphatic hydroxyl groups is 1. The predicted octanol–water partition coefficient (Wildman–Crippen LogP) is 2.03. The van der Waals surface area contributed by atoms with E-state index in [2.05, 4.69) is 5.32 Å². The van der Waals surface area contributed by atoms with Crippen molar-refractivity contribution in [3.05, 3.63) is 35.9 Å². The Morgan fingerprint density at radius 1 is 1.29 bits per heavy atom. The van der Waals surface area contributed by atoms with E-state index in [0.717, 1.165) is 31.2 Å². The van der Waals surface area contributed by atoms with Gasteiger partial charge in [-0.05, 0) is 18.4 Å². The largest absolute Gasteiger partial charge is 0.394 e. The highest BCUT2D eigenvalue weighted by Crippen LogP contribution is 2.25. The zero-order valence-corrected chi connectivity index (χ0v) is 9.93. The van der Waals surface area contributed by atoms with Gasteiger partial charge in [0.2, 0.25) is 5.91 Å². The smallest absolute Gasteiger partial charge is 0.223 e. The summed E-state index contributed by atoms with van der Waals surface area (Å²) >= 11 is 0. The van der Waals surface area contributed by atoms with Crippen LogP contribution in [0, 0.1) is 5.92 Å². The van der Waals surface area contributed by atoms with Gasteiger partial charge in [0.05, 0.1) is 12.6 Å². The maximum Gasteiger partial charge on any atom is 0.223 e. The van der Waals surface area contributed by atoms with Crippen LogP contribution in [0.1, 0.15) is 37.3 Å². The molecule has 2 N–H and O–H groups in total. The lowest BCUT2D eigenvalue weighted by atomic mass is 10.0. The molecule has 1 atom stereocenters. The summed E-state index contributed by atoms with van der Waals surface area (Å²) in [5, 5.41) is 12.3. The molecule has 0 spiro atoms. The zero-order chi connectivity index (χ0) is 12.1. The van der Waals surface area contributed by atoms with E-state index >= 15 is 0 Å². The van der Waals surface area contributed by atoms with Crippen molar-refractivity contribution in [2.45, 2.75) is 31.7 Å². The normalized spacial score (nSPS) is 17.9. The van der Waals surface area contributed by atoms with E-state index in [1.54, 1.807) is 0 Å². The Morgan fingerprint density at radius 2 is 1.94 bits per heavy atom. The summed E-state index contributed by atoms with van der Waals surface area (Å²) in [7, 11) is 0. The van der Waals surface area contributed by atoms with E-state index in [1.165, 1.54) is 0 Å². The Labute approximate surface area is 102 Å². The third-order valence-electron chi connectivity index (χ3n) is 3.43. The Morgan fingerprint density at radius 3 is 2.53 bits per heavy atom. The number of amides is 1. The van der Waals surface area contributed by atoms with Gasteiger partial charge in [0.1, 0.15) is 0 Å². The first kappa shape index (κ1) is 12.1. The molecule has 0 aromatic heterocycles. The third-order valence-corrected chi connectivity index (χ3v) is 3.43. The van der Waals surface area contributed by atoms with Crippen LogP contribution in [0.15, 0.2) is 30.3 Å². The van der Waals surface area contributed by atoms with Crippen LogP contribution < -0.4 is 5.32 Å². The molecule has 0 radical (unpaired) electrons. The van der Waals surface area contributed by atoms with Crippen LogP contribution in [0.3, 0.4) is 0 Å². The number of aliphatic hydroxyl groups excluding tert-OH is 1. The molecule has 3 nitrogen and oxygen atoms in total. The Hall–Kier alpha value is -1.35. The van der Waals surface area contributed by atoms with Crippen molar-refractivity contribution in [2.24, 2.45) is 5.92 Å². The number of nitrogens with one attached hydrogen (secondary N) is 1. The van der Waals surface area contributed by atoms with Gasteiger partial charge in [-0.25, -0.2) is 0 Å². The topological polar surface area (TPSA) is 49.3 Å². The second-order valence-corrected chi connectivity index (χ2v) is 4.64. The molecule has 0 heterocycles. The van der Waals surface area contributed by atoms with Gasteiger partial charge in [-0.15, -0.1) is 0 Å². The van der Waals surface area contributed by atoms with Gasteiger partial charge in [-0.1, -0.05) is 43.2 Å². The molecular weight excluding hydrogens is 214 g/mol. The van der Waals surface area contributed by atoms with E-state index < -0.39 is 0 Å². The third kappa shape index (κ3) is 3.07. The van der Waals surface area contributed by atoms with Crippen LogP contribution in [0.4, 0.5) is 0 Å². The molecule has 0 unspecified atom stereocenters. The average molecular weight is 233 g/mol. The zero-order valence-electron chi connectivity index (χ0n) is 9.93. The Balaban J connectivity index is 1.97. The molecule has 17 heavy (non-hydrogen) atoms. The number of rotatable bonds is 4. The summed E-state index contributed by atoms with van der Waals surface area (Å²) in [6.07, 6.45) is 4.26. The molecule has 1 saturated carbocycles. The van der Waals surface area contributed by atoms with E-state index in [0.29, 0.717) is 0 Å². The van der Waals surface area contributed by atoms with Gasteiger partial charge in [0, 0.05) is 5.92 Å². The lowest BCUT2D eigenvalue weighted by molar-refractivity contribution is -0.125. The van der Waals surface area contributed by atoms with Gasteiger partial charge in [-0.3, -0.25) is 4.79 Å². The highest BCUT2D eigenvalue weighted by Gasteiger charge is 2.24. The number of carbonyl (C=O) groups excluding carboxylic acids is 1. The molecule has 0 bridgehead atoms. The molecule has 0 aliphatic heterocycles. The molecule has 1 aromatic rings. The van der Waals surface area contributed by atoms with Crippen molar-refractivity contribution in [3.8, 4) is 0 Å². The average Bonchev–Trinajstić information content (AvgIpc) is 2.90. The number of hydrogen-bond donors (Lipinski definition) is 2. The van der Waals surface area contributed by atoms with Crippen molar-refractivity contribution in [1.29, 1.82) is 0 Å². The van der Waals surface area contributed by atoms with Crippen LogP contribution in [0.5, 0.6) is 0 Å². The van der Waals surface area contributed by atoms with Crippen molar-refractivity contribution >= 4 is 5.91 Å². The highest BCUT2D eigenvalue weighted by atomic mass is 16.3. The quantitative estimate of drug-likeness (QED) is 0.836. The first-order valence-corrected chi connectivity index (χ1v) is 6.27. The molecular formula is C14H19NO2. The number of benzene rings is 1. The van der Waals surface area contributed by atoms with E-state index in [1.807, 2.05) is 30.3 Å². The molecule has 1 fully saturated rings. The Kier molecular flexibility index (Phi) is 4.15. The summed E-state index contributed by atoms with van der Waals surface area (Å²) in [5.41, 5.74) is 0.960. The van der Waals surface area contributed by atoms with E-state index in [-0.39, 0.29) is 24.5 Å². The van der Waals surface area contributed by atoms with Gasteiger partial charge < -0.3 is 10.4 Å². The minimum atomic E-state index is -0.274. The van der Waals surface area contributed by atoms with E-state index in [9.17, 15) is 9.90 Å². The number of carbonyl (C=O) groups is 1. The van der Waals surface area contributed by atoms with E-state index in [4.69, 9.17) is 0 Å². The maximum absolute atomic E-state index is 12.0. The SMILES string of the molecule is O=C(N[C@@H](CO)c1ccccc1)C1CCCC1. The summed E-state index contributed by atoms with van der Waals surface area (Å²) < 4.78 is 0. The fourth-order valence-corrected chi connectivity index (χ4v) is 2.40. The molecule has 0 saturated heterocycles. The lowest BCUT2D eigenvalue weighted by Gasteiger charge is -2.19. The highest BCUT2D eigenvalue weighted by molar-refractivity contribution is 5.79. The van der Waals surface area contributed by atoms with Gasteiger partial charge in [0.15, 0.2) is 0 Å². The van der Waals surface area contributed by atoms with Gasteiger partial charge in [-0.2, -0.15) is 0 Å². The lowest BCUT2D eigenvalue weighted by Crippen LogP contribution is -2.34. The maximum atomic E-state index is 12.0. The summed E-state index contributed by atoms with van der Waals surface area (Å²) in [4.78, 5) is 12.0. The monoisotopic (exact) mass is 233 g/mol. The first-order chi connectivity index (χ1) is 8.31. The molecule has 3 heteroatoms. The Bertz CT molecular complexity index is 358. The van der Waals surface area contributed by atoms with Crippen LogP contribution in [0.25, 0.3) is 0 Å². The summed E-state index contributed by atoms with van der Waals surface area (Å²) in [6, 6.07) is 9.34. The minimum Gasteiger partial charge on any atom is -0.394 e. The van der Waals surface area contributed by atoms with Crippen LogP contribution >= 0.6 is 0 Å². The summed E-state index contributed by atoms with van der Waals surface area (Å²) in [6.45, 7) is -0.0531. The summed E-state index contributed by atoms with van der Waals surface area (Å²) in [5.74, 6) is 0.234. The van der Waals surface area contributed by atoms with Crippen molar-refractivity contribution < 1.29 is 9.90 Å². The van der Waals surface area contributed by atoms with Gasteiger partial charge in [0.25, 0.3) is 0 Å². The van der Waals surface area contributed by atoms with Crippen LogP contribution in [0.2, 0.25) is 0 Å². The molecule has 1 aromatic carbocycles. The standard InChI is InChI=1S/C14H19NO2/c16-10-13(11-6-2-1-3-7-11)15-14(17)12-8-4-5-9-12/h1-3,6-7,12-13,16H,4-5,8-10H2,(H,15,17)/t13-/m0/s1. The van der Waals surface area contributed by atoms with Gasteiger partial charge >= 0.3 is 0 Å². The van der Waals surface area contributed by atoms with Crippen molar-refractivity contribution in [1.82, 2.24) is 5.32 Å². The van der Waals surface area contributed by atoms with Crippen LogP contribution in [-0.4, -0.2) is 17.6 Å². The second kappa shape index (κ2) is 5.82. The fourth-order valence-electron chi connectivity index (χ4n) is 2.40. The fraction of sp³-hybridized carbons (Fsp3) is 0.500. The predicted molar refractivity (Wildman–Crippen MR) is 66.4 cm³/mol. The second-order valence-electron chi connectivity index (χ2n) is 4.64. The molecule has 1 amide bonds. The van der Waals surface area contributed by atoms with Crippen molar-refractivity contribution in [2.75, 3.05) is 6.61 Å². The molecule has 92 valence electrons. The molecule has 1 aliphatic carbocycles. The molecule has 1 aliphatic rings. The minimum absolute atomic E-state index is 0.0531. The molecule has 2 rings (SSSR count). The number of hydrogen-bond acceptors (Lipinski definition) is 2. The first-order valence-electron chi connectivity index (χ1n) is 6.27. The van der Waals surface area contributed by atoms with Crippen LogP contribution in [-0.2, 0) is 4.79 Å².